The second kappa shape index (κ2) is 4.85. The van der Waals surface area contributed by atoms with Crippen LogP contribution in [-0.4, -0.2) is 9.78 Å². The van der Waals surface area contributed by atoms with Crippen molar-refractivity contribution in [2.75, 3.05) is 0 Å². The molecule has 0 aliphatic heterocycles. The molecule has 2 aromatic rings. The zero-order chi connectivity index (χ0) is 14.9. The molecule has 1 aromatic carbocycles. The number of halogens is 4. The first-order valence-corrected chi connectivity index (χ1v) is 5.30. The van der Waals surface area contributed by atoms with Gasteiger partial charge in [0.1, 0.15) is 17.6 Å². The molecule has 1 heterocycles. The molecule has 104 valence electrons. The van der Waals surface area contributed by atoms with Crippen molar-refractivity contribution in [3.8, 4) is 17.7 Å². The third-order valence-corrected chi connectivity index (χ3v) is 2.41. The number of aromatic nitrogens is 2. The van der Waals surface area contributed by atoms with Crippen LogP contribution in [0.15, 0.2) is 24.3 Å². The van der Waals surface area contributed by atoms with Crippen molar-refractivity contribution in [1.29, 1.82) is 5.26 Å². The minimum absolute atomic E-state index is 0.0414. The maximum absolute atomic E-state index is 13.1. The Morgan fingerprint density at radius 1 is 1.30 bits per heavy atom. The Morgan fingerprint density at radius 2 is 2.00 bits per heavy atom. The number of nitriles is 1. The molecule has 0 radical (unpaired) electrons. The molecule has 0 bridgehead atoms. The van der Waals surface area contributed by atoms with Crippen LogP contribution in [0.2, 0.25) is 0 Å². The van der Waals surface area contributed by atoms with Crippen molar-refractivity contribution >= 4 is 0 Å². The van der Waals surface area contributed by atoms with E-state index in [0.29, 0.717) is 0 Å². The number of nitrogens with zero attached hydrogens (tertiary/aromatic N) is 3. The molecule has 0 unspecified atom stereocenters. The maximum Gasteiger partial charge on any atom is 0.435 e. The van der Waals surface area contributed by atoms with Gasteiger partial charge < -0.3 is 4.74 Å². The van der Waals surface area contributed by atoms with E-state index in [9.17, 15) is 17.6 Å². The monoisotopic (exact) mass is 285 g/mol. The lowest BCUT2D eigenvalue weighted by Crippen LogP contribution is -2.06. The lowest BCUT2D eigenvalue weighted by molar-refractivity contribution is -0.141. The molecule has 0 spiro atoms. The van der Waals surface area contributed by atoms with E-state index < -0.39 is 17.7 Å². The zero-order valence-electron chi connectivity index (χ0n) is 10.1. The highest BCUT2D eigenvalue weighted by Crippen LogP contribution is 2.32. The summed E-state index contributed by atoms with van der Waals surface area (Å²) < 4.78 is 56.6. The number of ether oxygens (including phenoxy) is 1. The topological polar surface area (TPSA) is 50.8 Å². The van der Waals surface area contributed by atoms with Crippen molar-refractivity contribution in [2.45, 2.75) is 6.18 Å². The van der Waals surface area contributed by atoms with Crippen molar-refractivity contribution in [3.63, 3.8) is 0 Å². The summed E-state index contributed by atoms with van der Waals surface area (Å²) in [4.78, 5) is 0. The second-order valence-electron chi connectivity index (χ2n) is 3.84. The van der Waals surface area contributed by atoms with E-state index in [1.54, 1.807) is 6.07 Å². The van der Waals surface area contributed by atoms with Gasteiger partial charge in [-0.05, 0) is 12.1 Å². The molecule has 4 nitrogen and oxygen atoms in total. The average molecular weight is 285 g/mol. The molecule has 2 rings (SSSR count). The van der Waals surface area contributed by atoms with Gasteiger partial charge in [0.25, 0.3) is 0 Å². The largest absolute Gasteiger partial charge is 0.439 e. The highest BCUT2D eigenvalue weighted by atomic mass is 19.4. The van der Waals surface area contributed by atoms with Crippen LogP contribution in [0.5, 0.6) is 11.6 Å². The van der Waals surface area contributed by atoms with Gasteiger partial charge in [-0.3, -0.25) is 0 Å². The summed E-state index contributed by atoms with van der Waals surface area (Å²) >= 11 is 0. The van der Waals surface area contributed by atoms with E-state index >= 15 is 0 Å². The molecule has 0 aliphatic carbocycles. The van der Waals surface area contributed by atoms with Gasteiger partial charge in [-0.15, -0.1) is 0 Å². The van der Waals surface area contributed by atoms with Crippen LogP contribution in [0.25, 0.3) is 0 Å². The number of benzene rings is 1. The van der Waals surface area contributed by atoms with Gasteiger partial charge in [0.2, 0.25) is 5.88 Å². The summed E-state index contributed by atoms with van der Waals surface area (Å²) in [6.45, 7) is 0. The van der Waals surface area contributed by atoms with E-state index in [4.69, 9.17) is 10.00 Å². The highest BCUT2D eigenvalue weighted by molar-refractivity contribution is 5.39. The first-order chi connectivity index (χ1) is 9.31. The predicted octanol–water partition coefficient (Wildman–Crippen LogP) is 3.24. The lowest BCUT2D eigenvalue weighted by Gasteiger charge is -2.05. The van der Waals surface area contributed by atoms with Crippen molar-refractivity contribution < 1.29 is 22.3 Å². The van der Waals surface area contributed by atoms with Gasteiger partial charge in [-0.2, -0.15) is 23.5 Å². The van der Waals surface area contributed by atoms with Crippen LogP contribution in [0.4, 0.5) is 17.6 Å². The first kappa shape index (κ1) is 13.9. The standard InChI is InChI=1S/C12H7F4N3O/c1-19-11(5-10(18-19)12(14,15)16)20-8-2-3-9(13)7(4-8)6-17/h2-5H,1H3. The molecule has 0 atom stereocenters. The number of hydrogen-bond donors (Lipinski definition) is 0. The Hall–Kier alpha value is -2.56. The summed E-state index contributed by atoms with van der Waals surface area (Å²) in [5, 5.41) is 11.9. The second-order valence-corrected chi connectivity index (χ2v) is 3.84. The molecule has 0 aliphatic rings. The summed E-state index contributed by atoms with van der Waals surface area (Å²) in [6.07, 6.45) is -4.58. The molecule has 20 heavy (non-hydrogen) atoms. The molecular formula is C12H7F4N3O. The fourth-order valence-electron chi connectivity index (χ4n) is 1.46. The zero-order valence-corrected chi connectivity index (χ0v) is 10.1. The Kier molecular flexibility index (Phi) is 3.36. The highest BCUT2D eigenvalue weighted by Gasteiger charge is 2.35. The molecule has 0 N–H and O–H groups in total. The van der Waals surface area contributed by atoms with E-state index in [1.165, 1.54) is 13.1 Å². The Bertz CT molecular complexity index is 685. The fraction of sp³-hybridized carbons (Fsp3) is 0.167. The minimum Gasteiger partial charge on any atom is -0.439 e. The third kappa shape index (κ3) is 2.71. The van der Waals surface area contributed by atoms with Gasteiger partial charge in [0, 0.05) is 19.2 Å². The molecule has 0 saturated carbocycles. The van der Waals surface area contributed by atoms with Crippen molar-refractivity contribution in [1.82, 2.24) is 9.78 Å². The van der Waals surface area contributed by atoms with Crippen LogP contribution >= 0.6 is 0 Å². The summed E-state index contributed by atoms with van der Waals surface area (Å²) in [7, 11) is 1.28. The number of aryl methyl sites for hydroxylation is 1. The lowest BCUT2D eigenvalue weighted by atomic mass is 10.2. The van der Waals surface area contributed by atoms with Crippen LogP contribution in [0, 0.1) is 17.1 Å². The Balaban J connectivity index is 2.31. The van der Waals surface area contributed by atoms with Crippen molar-refractivity contribution in [2.24, 2.45) is 7.05 Å². The smallest absolute Gasteiger partial charge is 0.435 e. The third-order valence-electron chi connectivity index (χ3n) is 2.41. The van der Waals surface area contributed by atoms with E-state index in [-0.39, 0.29) is 17.2 Å². The quantitative estimate of drug-likeness (QED) is 0.796. The molecule has 8 heteroatoms. The van der Waals surface area contributed by atoms with Gasteiger partial charge in [0.15, 0.2) is 5.69 Å². The molecule has 0 fully saturated rings. The molecule has 0 amide bonds. The van der Waals surface area contributed by atoms with E-state index in [2.05, 4.69) is 5.10 Å². The molecule has 0 saturated heterocycles. The Morgan fingerprint density at radius 3 is 2.55 bits per heavy atom. The Labute approximate surface area is 110 Å². The van der Waals surface area contributed by atoms with Crippen LogP contribution in [0.3, 0.4) is 0 Å². The minimum atomic E-state index is -4.58. The van der Waals surface area contributed by atoms with E-state index in [1.807, 2.05) is 0 Å². The normalized spacial score (nSPS) is 11.2. The fourth-order valence-corrected chi connectivity index (χ4v) is 1.46. The van der Waals surface area contributed by atoms with Crippen LogP contribution < -0.4 is 4.74 Å². The summed E-state index contributed by atoms with van der Waals surface area (Å²) in [5.74, 6) is -0.867. The maximum atomic E-state index is 13.1. The SMILES string of the molecule is Cn1nc(C(F)(F)F)cc1Oc1ccc(F)c(C#N)c1. The molecular weight excluding hydrogens is 278 g/mol. The summed E-state index contributed by atoms with van der Waals surface area (Å²) in [6, 6.07) is 5.62. The van der Waals surface area contributed by atoms with Gasteiger partial charge in [-0.25, -0.2) is 9.07 Å². The van der Waals surface area contributed by atoms with Gasteiger partial charge in [0.05, 0.1) is 5.56 Å². The summed E-state index contributed by atoms with van der Waals surface area (Å²) in [5.41, 5.74) is -1.36. The first-order valence-electron chi connectivity index (χ1n) is 5.30. The number of hydrogen-bond acceptors (Lipinski definition) is 3. The van der Waals surface area contributed by atoms with Crippen LogP contribution in [0.1, 0.15) is 11.3 Å². The van der Waals surface area contributed by atoms with E-state index in [0.717, 1.165) is 22.9 Å². The van der Waals surface area contributed by atoms with Gasteiger partial charge in [-0.1, -0.05) is 0 Å². The average Bonchev–Trinajstić information content (AvgIpc) is 2.73. The number of alkyl halides is 3. The van der Waals surface area contributed by atoms with Crippen LogP contribution in [-0.2, 0) is 13.2 Å². The number of rotatable bonds is 2. The van der Waals surface area contributed by atoms with Gasteiger partial charge >= 0.3 is 6.18 Å². The predicted molar refractivity (Wildman–Crippen MR) is 59.4 cm³/mol. The molecule has 1 aromatic heterocycles. The van der Waals surface area contributed by atoms with Crippen molar-refractivity contribution in [3.05, 3.63) is 41.3 Å².